The predicted octanol–water partition coefficient (Wildman–Crippen LogP) is 2.84. The molecule has 4 nitrogen and oxygen atoms in total. The Bertz CT molecular complexity index is 706. The van der Waals surface area contributed by atoms with Gasteiger partial charge in [0.1, 0.15) is 0 Å². The third-order valence-electron chi connectivity index (χ3n) is 4.81. The summed E-state index contributed by atoms with van der Waals surface area (Å²) in [5, 5.41) is 19.5. The van der Waals surface area contributed by atoms with Crippen molar-refractivity contribution in [1.29, 1.82) is 5.26 Å². The molecule has 3 rings (SSSR count). The van der Waals surface area contributed by atoms with Crippen LogP contribution in [0.5, 0.6) is 0 Å². The first kappa shape index (κ1) is 15.8. The highest BCUT2D eigenvalue weighted by molar-refractivity contribution is 5.98. The molecular weight excluding hydrogens is 309 g/mol. The molecule has 2 fully saturated rings. The molecule has 0 aromatic heterocycles. The zero-order valence-electron chi connectivity index (χ0n) is 12.4. The summed E-state index contributed by atoms with van der Waals surface area (Å²) in [7, 11) is 0. The number of carbonyl (C=O) groups is 1. The lowest BCUT2D eigenvalue weighted by Gasteiger charge is -2.31. The van der Waals surface area contributed by atoms with Crippen molar-refractivity contribution >= 4 is 11.6 Å². The van der Waals surface area contributed by atoms with Gasteiger partial charge in [-0.3, -0.25) is 4.79 Å². The largest absolute Gasteiger partial charge is 0.417 e. The van der Waals surface area contributed by atoms with Gasteiger partial charge >= 0.3 is 6.18 Å². The minimum atomic E-state index is -4.68. The Morgan fingerprint density at radius 2 is 2.04 bits per heavy atom. The van der Waals surface area contributed by atoms with Gasteiger partial charge in [0.05, 0.1) is 35.3 Å². The Kier molecular flexibility index (Phi) is 3.41. The van der Waals surface area contributed by atoms with E-state index in [0.29, 0.717) is 0 Å². The zero-order chi connectivity index (χ0) is 17.0. The second kappa shape index (κ2) is 4.96. The summed E-state index contributed by atoms with van der Waals surface area (Å²) in [4.78, 5) is 13.5. The first-order chi connectivity index (χ1) is 10.7. The van der Waals surface area contributed by atoms with Crippen molar-refractivity contribution in [3.63, 3.8) is 0 Å². The van der Waals surface area contributed by atoms with Crippen molar-refractivity contribution in [1.82, 2.24) is 0 Å². The van der Waals surface area contributed by atoms with Crippen LogP contribution in [0, 0.1) is 17.2 Å². The molecule has 1 amide bonds. The smallest absolute Gasteiger partial charge is 0.387 e. The molecule has 1 aliphatic carbocycles. The minimum absolute atomic E-state index is 0.0203. The van der Waals surface area contributed by atoms with Gasteiger partial charge in [-0.1, -0.05) is 0 Å². The lowest BCUT2D eigenvalue weighted by Crippen LogP contribution is -2.44. The zero-order valence-corrected chi connectivity index (χ0v) is 12.4. The molecule has 1 heterocycles. The van der Waals surface area contributed by atoms with Crippen molar-refractivity contribution in [2.24, 2.45) is 5.92 Å². The van der Waals surface area contributed by atoms with E-state index in [1.807, 2.05) is 0 Å². The first-order valence-corrected chi connectivity index (χ1v) is 7.34. The highest BCUT2D eigenvalue weighted by Gasteiger charge is 2.56. The van der Waals surface area contributed by atoms with Crippen molar-refractivity contribution in [3.05, 3.63) is 29.3 Å². The minimum Gasteiger partial charge on any atom is -0.387 e. The average molecular weight is 324 g/mol. The number of halogens is 3. The van der Waals surface area contributed by atoms with Crippen LogP contribution in [0.2, 0.25) is 0 Å². The predicted molar refractivity (Wildman–Crippen MR) is 75.4 cm³/mol. The molecule has 2 unspecified atom stereocenters. The number of aliphatic hydroxyl groups is 1. The van der Waals surface area contributed by atoms with Crippen molar-refractivity contribution < 1.29 is 23.1 Å². The van der Waals surface area contributed by atoms with Crippen LogP contribution in [0.4, 0.5) is 18.9 Å². The van der Waals surface area contributed by atoms with Gasteiger partial charge in [0, 0.05) is 5.69 Å². The van der Waals surface area contributed by atoms with Crippen LogP contribution >= 0.6 is 0 Å². The van der Waals surface area contributed by atoms with E-state index >= 15 is 0 Å². The number of nitriles is 1. The maximum absolute atomic E-state index is 13.1. The summed E-state index contributed by atoms with van der Waals surface area (Å²) in [5.74, 6) is -0.378. The van der Waals surface area contributed by atoms with Gasteiger partial charge in [-0.15, -0.1) is 0 Å². The van der Waals surface area contributed by atoms with Crippen LogP contribution in [0.15, 0.2) is 18.2 Å². The highest BCUT2D eigenvalue weighted by Crippen LogP contribution is 2.49. The number of alkyl halides is 3. The van der Waals surface area contributed by atoms with Gasteiger partial charge in [-0.25, -0.2) is 0 Å². The number of hydrogen-bond acceptors (Lipinski definition) is 3. The van der Waals surface area contributed by atoms with Gasteiger partial charge in [-0.05, 0) is 43.9 Å². The molecule has 1 saturated heterocycles. The Hall–Kier alpha value is -2.07. The van der Waals surface area contributed by atoms with Gasteiger partial charge in [0.15, 0.2) is 0 Å². The second-order valence-electron chi connectivity index (χ2n) is 6.22. The maximum atomic E-state index is 13.1. The topological polar surface area (TPSA) is 64.3 Å². The summed E-state index contributed by atoms with van der Waals surface area (Å²) >= 11 is 0. The molecular formula is C16H15F3N2O2. The van der Waals surface area contributed by atoms with Crippen molar-refractivity contribution in [2.45, 2.75) is 44.0 Å². The molecule has 0 spiro atoms. The summed E-state index contributed by atoms with van der Waals surface area (Å²) in [6.07, 6.45) is -3.12. The van der Waals surface area contributed by atoms with Crippen LogP contribution in [-0.4, -0.2) is 22.7 Å². The van der Waals surface area contributed by atoms with E-state index in [-0.39, 0.29) is 18.0 Å². The molecule has 1 saturated carbocycles. The fourth-order valence-corrected chi connectivity index (χ4v) is 3.37. The fraction of sp³-hybridized carbons (Fsp3) is 0.500. The van der Waals surface area contributed by atoms with Crippen LogP contribution in [0.1, 0.15) is 37.3 Å². The van der Waals surface area contributed by atoms with E-state index in [2.05, 4.69) is 0 Å². The molecule has 1 aromatic rings. The number of nitrogens with zero attached hydrogens (tertiary/aromatic N) is 2. The van der Waals surface area contributed by atoms with Gasteiger partial charge in [0.2, 0.25) is 5.91 Å². The number of hydrogen-bond donors (Lipinski definition) is 1. The summed E-state index contributed by atoms with van der Waals surface area (Å²) in [6, 6.07) is 4.11. The van der Waals surface area contributed by atoms with Crippen LogP contribution in [0.3, 0.4) is 0 Å². The SMILES string of the molecule is CC1N(c2ccc(C#N)c(C(F)(F)F)c2)C(=O)CC1(O)C1CC1. The second-order valence-corrected chi connectivity index (χ2v) is 6.22. The van der Waals surface area contributed by atoms with E-state index in [9.17, 15) is 23.1 Å². The Morgan fingerprint density at radius 3 is 2.57 bits per heavy atom. The number of rotatable bonds is 2. The molecule has 1 aliphatic heterocycles. The van der Waals surface area contributed by atoms with Crippen LogP contribution in [-0.2, 0) is 11.0 Å². The monoisotopic (exact) mass is 324 g/mol. The molecule has 7 heteroatoms. The Morgan fingerprint density at radius 1 is 1.39 bits per heavy atom. The normalized spacial score (nSPS) is 28.1. The summed E-state index contributed by atoms with van der Waals surface area (Å²) in [5.41, 5.74) is -2.69. The van der Waals surface area contributed by atoms with E-state index in [0.717, 1.165) is 25.0 Å². The van der Waals surface area contributed by atoms with Gasteiger partial charge in [0.25, 0.3) is 0 Å². The van der Waals surface area contributed by atoms with Crippen LogP contribution < -0.4 is 4.90 Å². The molecule has 2 aliphatic rings. The maximum Gasteiger partial charge on any atom is 0.417 e. The number of benzene rings is 1. The molecule has 0 radical (unpaired) electrons. The molecule has 0 bridgehead atoms. The fourth-order valence-electron chi connectivity index (χ4n) is 3.37. The molecule has 1 aromatic carbocycles. The van der Waals surface area contributed by atoms with Crippen molar-refractivity contribution in [2.75, 3.05) is 4.90 Å². The first-order valence-electron chi connectivity index (χ1n) is 7.34. The molecule has 122 valence electrons. The Balaban J connectivity index is 2.02. The number of amides is 1. The Labute approximate surface area is 131 Å². The third kappa shape index (κ3) is 2.47. The number of anilines is 1. The van der Waals surface area contributed by atoms with E-state index in [1.165, 1.54) is 17.0 Å². The van der Waals surface area contributed by atoms with E-state index < -0.39 is 34.9 Å². The van der Waals surface area contributed by atoms with E-state index in [1.54, 1.807) is 6.92 Å². The molecule has 1 N–H and O–H groups in total. The van der Waals surface area contributed by atoms with E-state index in [4.69, 9.17) is 5.26 Å². The summed E-state index contributed by atoms with van der Waals surface area (Å²) in [6.45, 7) is 1.65. The highest BCUT2D eigenvalue weighted by atomic mass is 19.4. The third-order valence-corrected chi connectivity index (χ3v) is 4.81. The standard InChI is InChI=1S/C16H15F3N2O2/c1-9-15(23,11-3-4-11)7-14(22)21(9)12-5-2-10(8-20)13(6-12)16(17,18)19/h2,5-6,9,11,23H,3-4,7H2,1H3. The van der Waals surface area contributed by atoms with Crippen LogP contribution in [0.25, 0.3) is 0 Å². The summed E-state index contributed by atoms with van der Waals surface area (Å²) < 4.78 is 39.2. The lowest BCUT2D eigenvalue weighted by molar-refractivity contribution is -0.137. The molecule has 23 heavy (non-hydrogen) atoms. The van der Waals surface area contributed by atoms with Crippen molar-refractivity contribution in [3.8, 4) is 6.07 Å². The molecule has 2 atom stereocenters. The van der Waals surface area contributed by atoms with Gasteiger partial charge in [-0.2, -0.15) is 18.4 Å². The average Bonchev–Trinajstić information content (AvgIpc) is 3.28. The van der Waals surface area contributed by atoms with Gasteiger partial charge < -0.3 is 10.0 Å². The lowest BCUT2D eigenvalue weighted by atomic mass is 9.90. The number of carbonyl (C=O) groups excluding carboxylic acids is 1. The quantitative estimate of drug-likeness (QED) is 0.910.